The maximum Gasteiger partial charge on any atom is 0.286 e. The van der Waals surface area contributed by atoms with Gasteiger partial charge in [-0.15, -0.1) is 0 Å². The Bertz CT molecular complexity index is 450. The molecule has 0 radical (unpaired) electrons. The first kappa shape index (κ1) is 8.27. The number of ether oxygens (including phenoxy) is 1. The molecule has 1 aromatic carbocycles. The van der Waals surface area contributed by atoms with Crippen molar-refractivity contribution in [3.05, 3.63) is 30.5 Å². The third-order valence-electron chi connectivity index (χ3n) is 1.96. The highest BCUT2D eigenvalue weighted by atomic mass is 31.1. The molecule has 0 amide bonds. The molecule has 3 nitrogen and oxygen atoms in total. The van der Waals surface area contributed by atoms with Gasteiger partial charge in [-0.1, -0.05) is 0 Å². The van der Waals surface area contributed by atoms with E-state index in [1.807, 2.05) is 24.3 Å². The normalized spacial score (nSPS) is 10.8. The van der Waals surface area contributed by atoms with Crippen molar-refractivity contribution in [3.8, 4) is 5.75 Å². The summed E-state index contributed by atoms with van der Waals surface area (Å²) in [5.41, 5.74) is 0.942. The first-order valence-electron chi connectivity index (χ1n) is 3.84. The van der Waals surface area contributed by atoms with Crippen LogP contribution in [0.1, 0.15) is 0 Å². The number of rotatable bonds is 2. The summed E-state index contributed by atoms with van der Waals surface area (Å²) in [6.45, 7) is 0. The summed E-state index contributed by atoms with van der Waals surface area (Å²) in [5.74, 6) is 0.813. The van der Waals surface area contributed by atoms with Gasteiger partial charge in [0.15, 0.2) is 0 Å². The molecule has 0 aliphatic carbocycles. The SMILES string of the molecule is COc1ccc2c(ccn2P=O)c1. The number of hydrogen-bond donors (Lipinski definition) is 0. The van der Waals surface area contributed by atoms with E-state index in [1.165, 1.54) is 0 Å². The van der Waals surface area contributed by atoms with Crippen molar-refractivity contribution >= 4 is 19.5 Å². The van der Waals surface area contributed by atoms with Gasteiger partial charge in [0.1, 0.15) is 5.75 Å². The van der Waals surface area contributed by atoms with E-state index < -0.39 is 0 Å². The van der Waals surface area contributed by atoms with Crippen molar-refractivity contribution in [2.45, 2.75) is 0 Å². The summed E-state index contributed by atoms with van der Waals surface area (Å²) in [7, 11) is 1.62. The topological polar surface area (TPSA) is 31.2 Å². The van der Waals surface area contributed by atoms with Crippen molar-refractivity contribution in [1.29, 1.82) is 0 Å². The summed E-state index contributed by atoms with van der Waals surface area (Å²) >= 11 is 0. The molecule has 0 N–H and O–H groups in total. The standard InChI is InChI=1S/C9H8NO2P/c1-12-8-2-3-9-7(6-8)4-5-10(9)13-11/h2-6H,1H3. The van der Waals surface area contributed by atoms with Gasteiger partial charge in [-0.2, -0.15) is 0 Å². The van der Waals surface area contributed by atoms with E-state index in [1.54, 1.807) is 17.6 Å². The molecule has 0 bridgehead atoms. The fraction of sp³-hybridized carbons (Fsp3) is 0.111. The van der Waals surface area contributed by atoms with Crippen LogP contribution in [0.15, 0.2) is 30.5 Å². The quantitative estimate of drug-likeness (QED) is 0.686. The van der Waals surface area contributed by atoms with Gasteiger partial charge in [-0.25, -0.2) is 4.57 Å². The van der Waals surface area contributed by atoms with Crippen LogP contribution >= 0.6 is 8.61 Å². The summed E-state index contributed by atoms with van der Waals surface area (Å²) in [4.78, 5) is 0. The Hall–Kier alpha value is -1.34. The van der Waals surface area contributed by atoms with Gasteiger partial charge in [0.25, 0.3) is 8.61 Å². The minimum atomic E-state index is -0.0121. The van der Waals surface area contributed by atoms with Gasteiger partial charge in [-0.3, -0.25) is 4.34 Å². The molecule has 2 rings (SSSR count). The first-order chi connectivity index (χ1) is 6.35. The molecular formula is C9H8NO2P. The maximum atomic E-state index is 10.7. The molecule has 0 fully saturated rings. The van der Waals surface area contributed by atoms with Gasteiger partial charge < -0.3 is 4.74 Å². The van der Waals surface area contributed by atoms with Crippen LogP contribution in [-0.4, -0.2) is 11.4 Å². The molecule has 0 spiro atoms. The van der Waals surface area contributed by atoms with Crippen molar-refractivity contribution in [3.63, 3.8) is 0 Å². The van der Waals surface area contributed by atoms with Gasteiger partial charge in [0, 0.05) is 11.6 Å². The van der Waals surface area contributed by atoms with E-state index in [2.05, 4.69) is 0 Å². The van der Waals surface area contributed by atoms with Gasteiger partial charge in [0.05, 0.1) is 12.6 Å². The highest BCUT2D eigenvalue weighted by Crippen LogP contribution is 2.23. The monoisotopic (exact) mass is 193 g/mol. The predicted octanol–water partition coefficient (Wildman–Crippen LogP) is 2.70. The zero-order valence-corrected chi connectivity index (χ0v) is 7.99. The molecule has 66 valence electrons. The molecule has 0 aliphatic rings. The van der Waals surface area contributed by atoms with Crippen LogP contribution in [0.3, 0.4) is 0 Å². The third kappa shape index (κ3) is 1.31. The number of fused-ring (bicyclic) bond motifs is 1. The molecule has 0 saturated carbocycles. The average Bonchev–Trinajstić information content (AvgIpc) is 2.59. The van der Waals surface area contributed by atoms with Gasteiger partial charge in [-0.05, 0) is 24.3 Å². The summed E-state index contributed by atoms with van der Waals surface area (Å²) < 4.78 is 17.4. The number of hydrogen-bond acceptors (Lipinski definition) is 2. The summed E-state index contributed by atoms with van der Waals surface area (Å²) in [6.07, 6.45) is 1.78. The lowest BCUT2D eigenvalue weighted by Gasteiger charge is -1.98. The highest BCUT2D eigenvalue weighted by Gasteiger charge is 2.01. The van der Waals surface area contributed by atoms with E-state index in [0.29, 0.717) is 0 Å². The number of aromatic nitrogens is 1. The van der Waals surface area contributed by atoms with Crippen LogP contribution in [0.2, 0.25) is 0 Å². The first-order valence-corrected chi connectivity index (χ1v) is 4.60. The van der Waals surface area contributed by atoms with Crippen LogP contribution in [0.5, 0.6) is 5.75 Å². The number of methoxy groups -OCH3 is 1. The second-order valence-electron chi connectivity index (χ2n) is 2.67. The van der Waals surface area contributed by atoms with E-state index in [0.717, 1.165) is 16.7 Å². The van der Waals surface area contributed by atoms with Gasteiger partial charge >= 0.3 is 0 Å². The molecule has 13 heavy (non-hydrogen) atoms. The zero-order valence-electron chi connectivity index (χ0n) is 7.10. The Balaban J connectivity index is 2.67. The van der Waals surface area contributed by atoms with E-state index in [9.17, 15) is 4.57 Å². The average molecular weight is 193 g/mol. The number of benzene rings is 1. The smallest absolute Gasteiger partial charge is 0.286 e. The van der Waals surface area contributed by atoms with Crippen molar-refractivity contribution in [2.24, 2.45) is 0 Å². The van der Waals surface area contributed by atoms with E-state index >= 15 is 0 Å². The lowest BCUT2D eigenvalue weighted by Crippen LogP contribution is -1.82. The van der Waals surface area contributed by atoms with E-state index in [-0.39, 0.29) is 8.61 Å². The van der Waals surface area contributed by atoms with Crippen LogP contribution < -0.4 is 4.74 Å². The molecule has 0 aliphatic heterocycles. The van der Waals surface area contributed by atoms with Crippen LogP contribution in [0.25, 0.3) is 10.9 Å². The van der Waals surface area contributed by atoms with E-state index in [4.69, 9.17) is 4.74 Å². The van der Waals surface area contributed by atoms with Crippen LogP contribution in [0, 0.1) is 0 Å². The molecule has 1 aromatic heterocycles. The van der Waals surface area contributed by atoms with Crippen molar-refractivity contribution in [1.82, 2.24) is 4.34 Å². The van der Waals surface area contributed by atoms with Crippen LogP contribution in [0.4, 0.5) is 0 Å². The summed E-state index contributed by atoms with van der Waals surface area (Å²) in [5, 5.41) is 1.03. The minimum Gasteiger partial charge on any atom is -0.497 e. The molecule has 0 saturated heterocycles. The van der Waals surface area contributed by atoms with Crippen molar-refractivity contribution in [2.75, 3.05) is 7.11 Å². The predicted molar refractivity (Wildman–Crippen MR) is 51.5 cm³/mol. The largest absolute Gasteiger partial charge is 0.497 e. The lowest BCUT2D eigenvalue weighted by molar-refractivity contribution is 0.415. The lowest BCUT2D eigenvalue weighted by atomic mass is 10.2. The zero-order chi connectivity index (χ0) is 9.26. The Kier molecular flexibility index (Phi) is 2.03. The minimum absolute atomic E-state index is 0.0121. The third-order valence-corrected chi connectivity index (χ3v) is 2.49. The molecular weight excluding hydrogens is 185 g/mol. The Morgan fingerprint density at radius 1 is 1.38 bits per heavy atom. The Labute approximate surface area is 77.2 Å². The Morgan fingerprint density at radius 3 is 2.92 bits per heavy atom. The Morgan fingerprint density at radius 2 is 2.23 bits per heavy atom. The second-order valence-corrected chi connectivity index (χ2v) is 3.26. The molecule has 4 heteroatoms. The van der Waals surface area contributed by atoms with Crippen LogP contribution in [-0.2, 0) is 4.57 Å². The fourth-order valence-corrected chi connectivity index (χ4v) is 1.70. The molecule has 1 heterocycles. The maximum absolute atomic E-state index is 10.7. The molecule has 0 atom stereocenters. The number of nitrogens with zero attached hydrogens (tertiary/aromatic N) is 1. The second kappa shape index (κ2) is 3.19. The fourth-order valence-electron chi connectivity index (χ4n) is 1.30. The molecule has 2 aromatic rings. The van der Waals surface area contributed by atoms with Crippen molar-refractivity contribution < 1.29 is 9.30 Å². The highest BCUT2D eigenvalue weighted by molar-refractivity contribution is 7.22. The molecule has 0 unspecified atom stereocenters. The summed E-state index contributed by atoms with van der Waals surface area (Å²) in [6, 6.07) is 7.56. The van der Waals surface area contributed by atoms with Gasteiger partial charge in [0.2, 0.25) is 0 Å².